The van der Waals surface area contributed by atoms with Gasteiger partial charge in [-0.2, -0.15) is 0 Å². The van der Waals surface area contributed by atoms with E-state index in [4.69, 9.17) is 4.52 Å². The Labute approximate surface area is 82.1 Å². The van der Waals surface area contributed by atoms with E-state index in [1.807, 2.05) is 6.92 Å². The van der Waals surface area contributed by atoms with Gasteiger partial charge in [-0.3, -0.25) is 4.79 Å². The van der Waals surface area contributed by atoms with Gasteiger partial charge in [0, 0.05) is 31.7 Å². The molecule has 1 amide bonds. The van der Waals surface area contributed by atoms with Gasteiger partial charge < -0.3 is 14.7 Å². The van der Waals surface area contributed by atoms with Crippen molar-refractivity contribution >= 4 is 5.91 Å². The quantitative estimate of drug-likeness (QED) is 0.691. The highest BCUT2D eigenvalue weighted by Crippen LogP contribution is 2.09. The number of rotatable bonds is 1. The molecule has 5 heteroatoms. The Morgan fingerprint density at radius 3 is 3.29 bits per heavy atom. The number of piperazine rings is 1. The third kappa shape index (κ3) is 1.63. The molecule has 1 unspecified atom stereocenters. The number of aromatic nitrogens is 1. The van der Waals surface area contributed by atoms with E-state index in [1.165, 1.54) is 6.20 Å². The molecule has 1 aromatic heterocycles. The van der Waals surface area contributed by atoms with E-state index in [0.29, 0.717) is 5.76 Å². The third-order valence-electron chi connectivity index (χ3n) is 2.41. The average molecular weight is 195 g/mol. The summed E-state index contributed by atoms with van der Waals surface area (Å²) in [7, 11) is 0. The predicted octanol–water partition coefficient (Wildman–Crippen LogP) is 0.108. The van der Waals surface area contributed by atoms with Crippen LogP contribution in [0, 0.1) is 0 Å². The number of carbonyl (C=O) groups excluding carboxylic acids is 1. The molecule has 1 saturated heterocycles. The maximum atomic E-state index is 11.8. The molecule has 0 radical (unpaired) electrons. The molecule has 1 atom stereocenters. The fourth-order valence-electron chi connectivity index (χ4n) is 1.61. The van der Waals surface area contributed by atoms with Gasteiger partial charge in [-0.1, -0.05) is 5.16 Å². The predicted molar refractivity (Wildman–Crippen MR) is 49.9 cm³/mol. The van der Waals surface area contributed by atoms with Crippen LogP contribution in [0.1, 0.15) is 17.5 Å². The minimum atomic E-state index is -0.0727. The summed E-state index contributed by atoms with van der Waals surface area (Å²) in [5, 5.41) is 6.75. The van der Waals surface area contributed by atoms with E-state index < -0.39 is 0 Å². The smallest absolute Gasteiger partial charge is 0.292 e. The Morgan fingerprint density at radius 2 is 2.64 bits per heavy atom. The summed E-state index contributed by atoms with van der Waals surface area (Å²) in [6.07, 6.45) is 1.49. The number of nitrogens with one attached hydrogen (secondary N) is 1. The summed E-state index contributed by atoms with van der Waals surface area (Å²) < 4.78 is 4.84. The SMILES string of the molecule is CC1CNCCN1C(=O)c1ccno1. The summed E-state index contributed by atoms with van der Waals surface area (Å²) in [6, 6.07) is 1.80. The van der Waals surface area contributed by atoms with Crippen molar-refractivity contribution in [2.24, 2.45) is 0 Å². The Bertz CT molecular complexity index is 310. The highest BCUT2D eigenvalue weighted by Gasteiger charge is 2.25. The van der Waals surface area contributed by atoms with Crippen molar-refractivity contribution in [3.05, 3.63) is 18.0 Å². The first-order chi connectivity index (χ1) is 6.79. The largest absolute Gasteiger partial charge is 0.351 e. The third-order valence-corrected chi connectivity index (χ3v) is 2.41. The summed E-state index contributed by atoms with van der Waals surface area (Å²) in [4.78, 5) is 13.6. The summed E-state index contributed by atoms with van der Waals surface area (Å²) >= 11 is 0. The molecule has 1 aliphatic rings. The van der Waals surface area contributed by atoms with Crippen LogP contribution in [-0.2, 0) is 0 Å². The molecule has 0 bridgehead atoms. The van der Waals surface area contributed by atoms with Crippen molar-refractivity contribution in [2.45, 2.75) is 13.0 Å². The zero-order valence-corrected chi connectivity index (χ0v) is 8.06. The van der Waals surface area contributed by atoms with E-state index >= 15 is 0 Å². The Morgan fingerprint density at radius 1 is 1.79 bits per heavy atom. The molecule has 1 N–H and O–H groups in total. The molecular formula is C9H13N3O2. The van der Waals surface area contributed by atoms with Crippen molar-refractivity contribution in [3.8, 4) is 0 Å². The summed E-state index contributed by atoms with van der Waals surface area (Å²) in [5.41, 5.74) is 0. The van der Waals surface area contributed by atoms with Crippen molar-refractivity contribution in [1.82, 2.24) is 15.4 Å². The lowest BCUT2D eigenvalue weighted by Gasteiger charge is -2.33. The molecule has 0 aromatic carbocycles. The molecule has 1 aromatic rings. The van der Waals surface area contributed by atoms with Gasteiger partial charge in [-0.05, 0) is 6.92 Å². The van der Waals surface area contributed by atoms with E-state index in [2.05, 4.69) is 10.5 Å². The van der Waals surface area contributed by atoms with Gasteiger partial charge >= 0.3 is 0 Å². The highest BCUT2D eigenvalue weighted by molar-refractivity contribution is 5.91. The van der Waals surface area contributed by atoms with Crippen molar-refractivity contribution in [2.75, 3.05) is 19.6 Å². The Balaban J connectivity index is 2.10. The fourth-order valence-corrected chi connectivity index (χ4v) is 1.61. The van der Waals surface area contributed by atoms with Crippen molar-refractivity contribution in [3.63, 3.8) is 0 Å². The Hall–Kier alpha value is -1.36. The van der Waals surface area contributed by atoms with Gasteiger partial charge in [-0.15, -0.1) is 0 Å². The molecular weight excluding hydrogens is 182 g/mol. The maximum absolute atomic E-state index is 11.8. The van der Waals surface area contributed by atoms with Crippen LogP contribution in [-0.4, -0.2) is 41.6 Å². The molecule has 1 aliphatic heterocycles. The average Bonchev–Trinajstić information content (AvgIpc) is 2.70. The number of carbonyl (C=O) groups is 1. The van der Waals surface area contributed by atoms with Crippen LogP contribution < -0.4 is 5.32 Å². The number of amides is 1. The zero-order valence-electron chi connectivity index (χ0n) is 8.06. The summed E-state index contributed by atoms with van der Waals surface area (Å²) in [6.45, 7) is 4.41. The molecule has 0 spiro atoms. The minimum absolute atomic E-state index is 0.0727. The normalized spacial score (nSPS) is 22.4. The number of hydrogen-bond donors (Lipinski definition) is 1. The lowest BCUT2D eigenvalue weighted by atomic mass is 10.2. The molecule has 0 aliphatic carbocycles. The van der Waals surface area contributed by atoms with Gasteiger partial charge in [0.05, 0.1) is 6.20 Å². The second-order valence-corrected chi connectivity index (χ2v) is 3.43. The van der Waals surface area contributed by atoms with E-state index in [9.17, 15) is 4.79 Å². The topological polar surface area (TPSA) is 58.4 Å². The molecule has 2 rings (SSSR count). The van der Waals surface area contributed by atoms with Gasteiger partial charge in [0.25, 0.3) is 5.91 Å². The van der Waals surface area contributed by atoms with Crippen LogP contribution in [0.2, 0.25) is 0 Å². The first-order valence-corrected chi connectivity index (χ1v) is 4.71. The monoisotopic (exact) mass is 195 g/mol. The molecule has 0 saturated carbocycles. The molecule has 14 heavy (non-hydrogen) atoms. The summed E-state index contributed by atoms with van der Waals surface area (Å²) in [5.74, 6) is 0.246. The molecule has 1 fully saturated rings. The van der Waals surface area contributed by atoms with Gasteiger partial charge in [0.1, 0.15) is 0 Å². The van der Waals surface area contributed by atoms with E-state index in [0.717, 1.165) is 19.6 Å². The second-order valence-electron chi connectivity index (χ2n) is 3.43. The zero-order chi connectivity index (χ0) is 9.97. The van der Waals surface area contributed by atoms with Crippen LogP contribution in [0.3, 0.4) is 0 Å². The van der Waals surface area contributed by atoms with E-state index in [-0.39, 0.29) is 11.9 Å². The first-order valence-electron chi connectivity index (χ1n) is 4.71. The van der Waals surface area contributed by atoms with Crippen LogP contribution in [0.15, 0.2) is 16.8 Å². The lowest BCUT2D eigenvalue weighted by molar-refractivity contribution is 0.0613. The van der Waals surface area contributed by atoms with Gasteiger partial charge in [0.2, 0.25) is 5.76 Å². The molecule has 2 heterocycles. The van der Waals surface area contributed by atoms with Crippen LogP contribution in [0.4, 0.5) is 0 Å². The van der Waals surface area contributed by atoms with Crippen LogP contribution >= 0.6 is 0 Å². The van der Waals surface area contributed by atoms with Gasteiger partial charge in [0.15, 0.2) is 0 Å². The highest BCUT2D eigenvalue weighted by atomic mass is 16.5. The van der Waals surface area contributed by atoms with Crippen molar-refractivity contribution in [1.29, 1.82) is 0 Å². The number of nitrogens with zero attached hydrogens (tertiary/aromatic N) is 2. The van der Waals surface area contributed by atoms with Crippen molar-refractivity contribution < 1.29 is 9.32 Å². The fraction of sp³-hybridized carbons (Fsp3) is 0.556. The van der Waals surface area contributed by atoms with Crippen LogP contribution in [0.25, 0.3) is 0 Å². The van der Waals surface area contributed by atoms with E-state index in [1.54, 1.807) is 11.0 Å². The van der Waals surface area contributed by atoms with Crippen LogP contribution in [0.5, 0.6) is 0 Å². The maximum Gasteiger partial charge on any atom is 0.292 e. The molecule has 5 nitrogen and oxygen atoms in total. The first kappa shape index (κ1) is 9.21. The standard InChI is InChI=1S/C9H13N3O2/c1-7-6-10-4-5-12(7)9(13)8-2-3-11-14-8/h2-3,7,10H,4-6H2,1H3. The van der Waals surface area contributed by atoms with Gasteiger partial charge in [-0.25, -0.2) is 0 Å². The minimum Gasteiger partial charge on any atom is -0.351 e. The number of hydrogen-bond acceptors (Lipinski definition) is 4. The Kier molecular flexibility index (Phi) is 2.49. The lowest BCUT2D eigenvalue weighted by Crippen LogP contribution is -2.52. The molecule has 76 valence electrons. The second kappa shape index (κ2) is 3.79.